The number of hydrogen-bond acceptors (Lipinski definition) is 6. The molecule has 2 aliphatic heterocycles. The third kappa shape index (κ3) is 3.26. The number of fused-ring (bicyclic) bond motifs is 1. The van der Waals surface area contributed by atoms with Crippen LogP contribution >= 0.6 is 11.6 Å². The van der Waals surface area contributed by atoms with Crippen LogP contribution in [-0.4, -0.2) is 60.1 Å². The van der Waals surface area contributed by atoms with E-state index in [0.29, 0.717) is 49.5 Å². The minimum absolute atomic E-state index is 0.128. The summed E-state index contributed by atoms with van der Waals surface area (Å²) in [5.41, 5.74) is 2.09. The standard InChI is InChI=1S/C18H20ClN5O2/c1-26-16-4-5-20-18(22-16)24-8-6-23(7-9-24)17(25)15-11-12-10-13(19)2-3-14(12)21-15/h2-5,10,15,21H,6-9,11H2,1H3. The molecule has 2 aliphatic rings. The number of nitrogens with one attached hydrogen (secondary N) is 1. The van der Waals surface area contributed by atoms with Gasteiger partial charge in [-0.15, -0.1) is 0 Å². The largest absolute Gasteiger partial charge is 0.481 e. The van der Waals surface area contributed by atoms with Crippen molar-refractivity contribution in [2.45, 2.75) is 12.5 Å². The van der Waals surface area contributed by atoms with Crippen LogP contribution < -0.4 is 15.0 Å². The number of halogens is 1. The van der Waals surface area contributed by atoms with Crippen LogP contribution in [0.15, 0.2) is 30.5 Å². The fourth-order valence-corrected chi connectivity index (χ4v) is 3.62. The van der Waals surface area contributed by atoms with Crippen LogP contribution in [0, 0.1) is 0 Å². The molecular formula is C18H20ClN5O2. The molecule has 1 saturated heterocycles. The topological polar surface area (TPSA) is 70.6 Å². The highest BCUT2D eigenvalue weighted by atomic mass is 35.5. The minimum atomic E-state index is -0.219. The fourth-order valence-electron chi connectivity index (χ4n) is 3.43. The first-order valence-electron chi connectivity index (χ1n) is 8.60. The van der Waals surface area contributed by atoms with Crippen LogP contribution in [0.2, 0.25) is 5.02 Å². The van der Waals surface area contributed by atoms with Crippen LogP contribution in [0.4, 0.5) is 11.6 Å². The first-order chi connectivity index (χ1) is 12.6. The lowest BCUT2D eigenvalue weighted by molar-refractivity contribution is -0.132. The molecule has 1 unspecified atom stereocenters. The van der Waals surface area contributed by atoms with Crippen molar-refractivity contribution < 1.29 is 9.53 Å². The Balaban J connectivity index is 1.37. The zero-order chi connectivity index (χ0) is 18.1. The Labute approximate surface area is 156 Å². The summed E-state index contributed by atoms with van der Waals surface area (Å²) in [5, 5.41) is 4.01. The molecule has 0 bridgehead atoms. The van der Waals surface area contributed by atoms with Crippen molar-refractivity contribution >= 4 is 29.1 Å². The van der Waals surface area contributed by atoms with Gasteiger partial charge in [0, 0.05) is 55.6 Å². The summed E-state index contributed by atoms with van der Waals surface area (Å²) < 4.78 is 5.15. The highest BCUT2D eigenvalue weighted by Gasteiger charge is 2.32. The Bertz CT molecular complexity index is 823. The molecular weight excluding hydrogens is 354 g/mol. The van der Waals surface area contributed by atoms with Gasteiger partial charge in [-0.1, -0.05) is 11.6 Å². The highest BCUT2D eigenvalue weighted by molar-refractivity contribution is 6.30. The van der Waals surface area contributed by atoms with Crippen molar-refractivity contribution in [2.75, 3.05) is 43.5 Å². The van der Waals surface area contributed by atoms with E-state index in [1.807, 2.05) is 23.1 Å². The van der Waals surface area contributed by atoms with E-state index < -0.39 is 0 Å². The molecule has 7 nitrogen and oxygen atoms in total. The lowest BCUT2D eigenvalue weighted by Crippen LogP contribution is -2.52. The number of methoxy groups -OCH3 is 1. The van der Waals surface area contributed by atoms with Crippen LogP contribution in [-0.2, 0) is 11.2 Å². The lowest BCUT2D eigenvalue weighted by atomic mass is 10.1. The number of ether oxygens (including phenoxy) is 1. The second-order valence-electron chi connectivity index (χ2n) is 6.41. The van der Waals surface area contributed by atoms with E-state index in [1.165, 1.54) is 0 Å². The number of rotatable bonds is 3. The average Bonchev–Trinajstić information content (AvgIpc) is 3.10. The van der Waals surface area contributed by atoms with Gasteiger partial charge in [0.05, 0.1) is 7.11 Å². The number of carbonyl (C=O) groups excluding carboxylic acids is 1. The second-order valence-corrected chi connectivity index (χ2v) is 6.85. The van der Waals surface area contributed by atoms with Gasteiger partial charge in [-0.3, -0.25) is 4.79 Å². The second kappa shape index (κ2) is 6.99. The van der Waals surface area contributed by atoms with Gasteiger partial charge in [0.15, 0.2) is 0 Å². The predicted octanol–water partition coefficient (Wildman–Crippen LogP) is 1.82. The molecule has 3 heterocycles. The number of carbonyl (C=O) groups is 1. The van der Waals surface area contributed by atoms with Crippen LogP contribution in [0.5, 0.6) is 5.88 Å². The Kier molecular flexibility index (Phi) is 4.55. The third-order valence-electron chi connectivity index (χ3n) is 4.82. The van der Waals surface area contributed by atoms with Gasteiger partial charge in [-0.2, -0.15) is 4.98 Å². The summed E-state index contributed by atoms with van der Waals surface area (Å²) in [6.07, 6.45) is 2.36. The maximum absolute atomic E-state index is 12.9. The zero-order valence-electron chi connectivity index (χ0n) is 14.5. The molecule has 26 heavy (non-hydrogen) atoms. The number of anilines is 2. The monoisotopic (exact) mass is 373 g/mol. The molecule has 1 aromatic carbocycles. The Hall–Kier alpha value is -2.54. The number of benzene rings is 1. The van der Waals surface area contributed by atoms with Gasteiger partial charge in [0.2, 0.25) is 17.7 Å². The van der Waals surface area contributed by atoms with Crippen LogP contribution in [0.25, 0.3) is 0 Å². The van der Waals surface area contributed by atoms with Crippen molar-refractivity contribution in [3.63, 3.8) is 0 Å². The number of aromatic nitrogens is 2. The molecule has 136 valence electrons. The van der Waals surface area contributed by atoms with Crippen molar-refractivity contribution in [2.24, 2.45) is 0 Å². The summed E-state index contributed by atoms with van der Waals surface area (Å²) in [6, 6.07) is 7.20. The van der Waals surface area contributed by atoms with Crippen LogP contribution in [0.1, 0.15) is 5.56 Å². The maximum Gasteiger partial charge on any atom is 0.245 e. The van der Waals surface area contributed by atoms with Gasteiger partial charge in [-0.25, -0.2) is 4.98 Å². The van der Waals surface area contributed by atoms with E-state index in [4.69, 9.17) is 16.3 Å². The van der Waals surface area contributed by atoms with Crippen molar-refractivity contribution in [1.82, 2.24) is 14.9 Å². The first kappa shape index (κ1) is 16.9. The van der Waals surface area contributed by atoms with Crippen molar-refractivity contribution in [3.05, 3.63) is 41.0 Å². The number of nitrogens with zero attached hydrogens (tertiary/aromatic N) is 4. The van der Waals surface area contributed by atoms with E-state index >= 15 is 0 Å². The summed E-state index contributed by atoms with van der Waals surface area (Å²) >= 11 is 6.05. The highest BCUT2D eigenvalue weighted by Crippen LogP contribution is 2.29. The smallest absolute Gasteiger partial charge is 0.245 e. The van der Waals surface area contributed by atoms with Gasteiger partial charge in [-0.05, 0) is 23.8 Å². The molecule has 1 fully saturated rings. The number of hydrogen-bond donors (Lipinski definition) is 1. The first-order valence-corrected chi connectivity index (χ1v) is 8.97. The molecule has 4 rings (SSSR count). The number of amides is 1. The lowest BCUT2D eigenvalue weighted by Gasteiger charge is -2.36. The molecule has 2 aromatic rings. The Morgan fingerprint density at radius 1 is 1.27 bits per heavy atom. The molecule has 0 aliphatic carbocycles. The number of piperazine rings is 1. The predicted molar refractivity (Wildman–Crippen MR) is 99.9 cm³/mol. The Morgan fingerprint density at radius 3 is 2.85 bits per heavy atom. The Morgan fingerprint density at radius 2 is 2.08 bits per heavy atom. The molecule has 0 saturated carbocycles. The molecule has 1 N–H and O–H groups in total. The maximum atomic E-state index is 12.9. The summed E-state index contributed by atoms with van der Waals surface area (Å²) in [4.78, 5) is 25.5. The van der Waals surface area contributed by atoms with E-state index in [1.54, 1.807) is 19.4 Å². The van der Waals surface area contributed by atoms with Gasteiger partial charge in [0.25, 0.3) is 0 Å². The van der Waals surface area contributed by atoms with Gasteiger partial charge >= 0.3 is 0 Å². The van der Waals surface area contributed by atoms with E-state index in [-0.39, 0.29) is 11.9 Å². The van der Waals surface area contributed by atoms with Crippen LogP contribution in [0.3, 0.4) is 0 Å². The summed E-state index contributed by atoms with van der Waals surface area (Å²) in [6.45, 7) is 2.69. The summed E-state index contributed by atoms with van der Waals surface area (Å²) in [5.74, 6) is 1.31. The summed E-state index contributed by atoms with van der Waals surface area (Å²) in [7, 11) is 1.59. The normalized spacial score (nSPS) is 19.1. The quantitative estimate of drug-likeness (QED) is 0.885. The average molecular weight is 374 g/mol. The van der Waals surface area contributed by atoms with Crippen molar-refractivity contribution in [3.8, 4) is 5.88 Å². The molecule has 0 spiro atoms. The molecule has 1 amide bonds. The third-order valence-corrected chi connectivity index (χ3v) is 5.05. The molecule has 8 heteroatoms. The van der Waals surface area contributed by atoms with E-state index in [9.17, 15) is 4.79 Å². The van der Waals surface area contributed by atoms with E-state index in [2.05, 4.69) is 20.2 Å². The molecule has 1 atom stereocenters. The van der Waals surface area contributed by atoms with Gasteiger partial charge < -0.3 is 19.9 Å². The minimum Gasteiger partial charge on any atom is -0.481 e. The SMILES string of the molecule is COc1ccnc(N2CCN(C(=O)C3Cc4cc(Cl)ccc4N3)CC2)n1. The molecule has 1 aromatic heterocycles. The molecule has 0 radical (unpaired) electrons. The zero-order valence-corrected chi connectivity index (χ0v) is 15.2. The van der Waals surface area contributed by atoms with E-state index in [0.717, 1.165) is 11.3 Å². The van der Waals surface area contributed by atoms with Gasteiger partial charge in [0.1, 0.15) is 6.04 Å². The fraction of sp³-hybridized carbons (Fsp3) is 0.389. The van der Waals surface area contributed by atoms with Crippen molar-refractivity contribution in [1.29, 1.82) is 0 Å².